The average Bonchev–Trinajstić information content (AvgIpc) is 2.77. The van der Waals surface area contributed by atoms with Gasteiger partial charge in [-0.25, -0.2) is 4.98 Å². The van der Waals surface area contributed by atoms with Crippen molar-refractivity contribution in [1.29, 1.82) is 0 Å². The minimum Gasteiger partial charge on any atom is -0.276 e. The second kappa shape index (κ2) is 3.61. The van der Waals surface area contributed by atoms with E-state index in [4.69, 9.17) is 11.6 Å². The second-order valence-electron chi connectivity index (χ2n) is 3.49. The van der Waals surface area contributed by atoms with Gasteiger partial charge in [-0.05, 0) is 11.6 Å². The first-order chi connectivity index (χ1) is 7.84. The minimum atomic E-state index is 0.479. The van der Waals surface area contributed by atoms with Crippen LogP contribution in [0.1, 0.15) is 0 Å². The monoisotopic (exact) mass is 229 g/mol. The molecule has 0 spiro atoms. The van der Waals surface area contributed by atoms with Gasteiger partial charge in [0.05, 0.1) is 11.7 Å². The van der Waals surface area contributed by atoms with Crippen molar-refractivity contribution < 1.29 is 0 Å². The molecule has 1 N–H and O–H groups in total. The van der Waals surface area contributed by atoms with Gasteiger partial charge >= 0.3 is 0 Å². The summed E-state index contributed by atoms with van der Waals surface area (Å²) < 4.78 is 0. The van der Waals surface area contributed by atoms with Crippen molar-refractivity contribution in [3.8, 4) is 11.1 Å². The summed E-state index contributed by atoms with van der Waals surface area (Å²) >= 11 is 5.98. The van der Waals surface area contributed by atoms with Crippen LogP contribution in [0.5, 0.6) is 0 Å². The van der Waals surface area contributed by atoms with E-state index in [-0.39, 0.29) is 0 Å². The molecule has 3 nitrogen and oxygen atoms in total. The van der Waals surface area contributed by atoms with Gasteiger partial charge in [0.15, 0.2) is 0 Å². The molecule has 0 saturated heterocycles. The molecule has 0 amide bonds. The van der Waals surface area contributed by atoms with E-state index < -0.39 is 0 Å². The van der Waals surface area contributed by atoms with Crippen LogP contribution in [0.25, 0.3) is 22.2 Å². The molecule has 2 heterocycles. The van der Waals surface area contributed by atoms with Crippen molar-refractivity contribution in [3.63, 3.8) is 0 Å². The molecule has 0 aliphatic carbocycles. The largest absolute Gasteiger partial charge is 0.276 e. The molecule has 3 rings (SSSR count). The number of hydrogen-bond donors (Lipinski definition) is 1. The van der Waals surface area contributed by atoms with Gasteiger partial charge in [-0.2, -0.15) is 5.10 Å². The maximum atomic E-state index is 5.98. The molecule has 0 atom stereocenters. The molecule has 0 fully saturated rings. The van der Waals surface area contributed by atoms with Gasteiger partial charge < -0.3 is 0 Å². The average molecular weight is 230 g/mol. The van der Waals surface area contributed by atoms with Crippen LogP contribution >= 0.6 is 11.6 Å². The summed E-state index contributed by atoms with van der Waals surface area (Å²) in [5, 5.41) is 7.40. The Morgan fingerprint density at radius 1 is 1.12 bits per heavy atom. The van der Waals surface area contributed by atoms with Crippen molar-refractivity contribution in [2.75, 3.05) is 0 Å². The lowest BCUT2D eigenvalue weighted by atomic mass is 10.1. The van der Waals surface area contributed by atoms with E-state index in [0.717, 1.165) is 22.2 Å². The number of nitrogens with zero attached hydrogens (tertiary/aromatic N) is 2. The zero-order chi connectivity index (χ0) is 11.0. The van der Waals surface area contributed by atoms with Crippen LogP contribution in [0, 0.1) is 0 Å². The van der Waals surface area contributed by atoms with Crippen molar-refractivity contribution in [2.45, 2.75) is 0 Å². The first-order valence-corrected chi connectivity index (χ1v) is 5.27. The summed E-state index contributed by atoms with van der Waals surface area (Å²) in [6.07, 6.45) is 1.67. The lowest BCUT2D eigenvalue weighted by Crippen LogP contribution is -1.84. The van der Waals surface area contributed by atoms with Gasteiger partial charge in [0.25, 0.3) is 0 Å². The van der Waals surface area contributed by atoms with Crippen molar-refractivity contribution in [1.82, 2.24) is 15.2 Å². The number of rotatable bonds is 1. The number of hydrogen-bond acceptors (Lipinski definition) is 2. The van der Waals surface area contributed by atoms with Crippen molar-refractivity contribution in [2.24, 2.45) is 0 Å². The zero-order valence-electron chi connectivity index (χ0n) is 8.31. The summed E-state index contributed by atoms with van der Waals surface area (Å²) in [4.78, 5) is 4.19. The summed E-state index contributed by atoms with van der Waals surface area (Å²) in [6, 6.07) is 11.9. The minimum absolute atomic E-state index is 0.479. The predicted octanol–water partition coefficient (Wildman–Crippen LogP) is 3.28. The maximum absolute atomic E-state index is 5.98. The third-order valence-corrected chi connectivity index (χ3v) is 2.66. The molecular formula is C12H8ClN3. The van der Waals surface area contributed by atoms with E-state index >= 15 is 0 Å². The lowest BCUT2D eigenvalue weighted by Gasteiger charge is -2.03. The highest BCUT2D eigenvalue weighted by atomic mass is 35.5. The van der Waals surface area contributed by atoms with E-state index in [0.29, 0.717) is 5.15 Å². The second-order valence-corrected chi connectivity index (χ2v) is 3.88. The number of halogens is 1. The molecule has 0 unspecified atom stereocenters. The number of fused-ring (bicyclic) bond motifs is 1. The molecule has 16 heavy (non-hydrogen) atoms. The number of aromatic amines is 1. The first kappa shape index (κ1) is 9.36. The van der Waals surface area contributed by atoms with Gasteiger partial charge in [0.1, 0.15) is 10.7 Å². The van der Waals surface area contributed by atoms with Gasteiger partial charge in [-0.3, -0.25) is 5.10 Å². The van der Waals surface area contributed by atoms with Crippen LogP contribution in [-0.2, 0) is 0 Å². The van der Waals surface area contributed by atoms with E-state index in [1.807, 2.05) is 36.4 Å². The van der Waals surface area contributed by atoms with Crippen molar-refractivity contribution >= 4 is 22.6 Å². The summed E-state index contributed by atoms with van der Waals surface area (Å²) in [6.45, 7) is 0. The van der Waals surface area contributed by atoms with Crippen LogP contribution in [0.4, 0.5) is 0 Å². The number of nitrogens with one attached hydrogen (secondary N) is 1. The fourth-order valence-electron chi connectivity index (χ4n) is 1.75. The van der Waals surface area contributed by atoms with Gasteiger partial charge in [-0.15, -0.1) is 0 Å². The maximum Gasteiger partial charge on any atom is 0.130 e. The molecular weight excluding hydrogens is 222 g/mol. The third kappa shape index (κ3) is 1.46. The van der Waals surface area contributed by atoms with Gasteiger partial charge in [0.2, 0.25) is 0 Å². The summed E-state index contributed by atoms with van der Waals surface area (Å²) in [5.74, 6) is 0. The topological polar surface area (TPSA) is 41.6 Å². The fraction of sp³-hybridized carbons (Fsp3) is 0. The Labute approximate surface area is 97.1 Å². The molecule has 4 heteroatoms. The van der Waals surface area contributed by atoms with Crippen molar-refractivity contribution in [3.05, 3.63) is 47.7 Å². The molecule has 0 aliphatic rings. The Balaban J connectivity index is 2.34. The Hall–Kier alpha value is -1.87. The fourth-order valence-corrected chi connectivity index (χ4v) is 1.95. The van der Waals surface area contributed by atoms with E-state index in [9.17, 15) is 0 Å². The smallest absolute Gasteiger partial charge is 0.130 e. The third-order valence-electron chi connectivity index (χ3n) is 2.46. The first-order valence-electron chi connectivity index (χ1n) is 4.89. The Kier molecular flexibility index (Phi) is 2.11. The highest BCUT2D eigenvalue weighted by molar-refractivity contribution is 6.30. The highest BCUT2D eigenvalue weighted by Gasteiger charge is 2.07. The molecule has 0 bridgehead atoms. The zero-order valence-corrected chi connectivity index (χ0v) is 9.07. The molecule has 78 valence electrons. The normalized spacial score (nSPS) is 10.8. The van der Waals surface area contributed by atoms with E-state index in [2.05, 4.69) is 15.2 Å². The standard InChI is InChI=1S/C12H8ClN3/c13-11-6-9(8-4-2-1-3-5-8)12-10(15-11)7-14-16-12/h1-7H,(H,14,16). The number of benzene rings is 1. The molecule has 0 radical (unpaired) electrons. The van der Waals surface area contributed by atoms with E-state index in [1.165, 1.54) is 0 Å². The molecule has 0 saturated carbocycles. The molecule has 2 aromatic heterocycles. The quantitative estimate of drug-likeness (QED) is 0.651. The SMILES string of the molecule is Clc1cc(-c2ccccc2)c2[nH]ncc2n1. The lowest BCUT2D eigenvalue weighted by molar-refractivity contribution is 1.12. The number of H-pyrrole nitrogens is 1. The van der Waals surface area contributed by atoms with Crippen LogP contribution in [0.3, 0.4) is 0 Å². The summed E-state index contributed by atoms with van der Waals surface area (Å²) in [5.41, 5.74) is 3.82. The highest BCUT2D eigenvalue weighted by Crippen LogP contribution is 2.28. The van der Waals surface area contributed by atoms with Crippen LogP contribution in [0.2, 0.25) is 5.15 Å². The molecule has 3 aromatic rings. The van der Waals surface area contributed by atoms with Gasteiger partial charge in [-0.1, -0.05) is 41.9 Å². The Morgan fingerprint density at radius 3 is 2.75 bits per heavy atom. The van der Waals surface area contributed by atoms with E-state index in [1.54, 1.807) is 6.20 Å². The van der Waals surface area contributed by atoms with Gasteiger partial charge in [0, 0.05) is 5.56 Å². The van der Waals surface area contributed by atoms with Crippen LogP contribution in [0.15, 0.2) is 42.6 Å². The van der Waals surface area contributed by atoms with Crippen LogP contribution in [-0.4, -0.2) is 15.2 Å². The Morgan fingerprint density at radius 2 is 1.94 bits per heavy atom. The Bertz CT molecular complexity index is 631. The summed E-state index contributed by atoms with van der Waals surface area (Å²) in [7, 11) is 0. The predicted molar refractivity (Wildman–Crippen MR) is 64.3 cm³/mol. The molecule has 1 aromatic carbocycles. The number of pyridine rings is 1. The number of aromatic nitrogens is 3. The van der Waals surface area contributed by atoms with Crippen LogP contribution < -0.4 is 0 Å². The molecule has 0 aliphatic heterocycles.